The Kier molecular flexibility index (Phi) is 5.16. The summed E-state index contributed by atoms with van der Waals surface area (Å²) >= 11 is 0. The van der Waals surface area contributed by atoms with E-state index in [4.69, 9.17) is 5.10 Å². The third-order valence-corrected chi connectivity index (χ3v) is 6.32. The second kappa shape index (κ2) is 8.12. The van der Waals surface area contributed by atoms with Crippen LogP contribution in [0, 0.1) is 5.92 Å². The van der Waals surface area contributed by atoms with Crippen molar-refractivity contribution in [1.29, 1.82) is 0 Å². The Morgan fingerprint density at radius 2 is 1.97 bits per heavy atom. The van der Waals surface area contributed by atoms with Gasteiger partial charge in [0.2, 0.25) is 0 Å². The van der Waals surface area contributed by atoms with E-state index < -0.39 is 0 Å². The van der Waals surface area contributed by atoms with Crippen LogP contribution in [0.4, 0.5) is 0 Å². The van der Waals surface area contributed by atoms with E-state index in [0.717, 1.165) is 65.9 Å². The smallest absolute Gasteiger partial charge is 0.272 e. The predicted octanol–water partition coefficient (Wildman–Crippen LogP) is 3.90. The lowest BCUT2D eigenvalue weighted by molar-refractivity contribution is -0.124. The van der Waals surface area contributed by atoms with Crippen molar-refractivity contribution in [2.75, 3.05) is 19.6 Å². The van der Waals surface area contributed by atoms with Gasteiger partial charge in [0, 0.05) is 30.6 Å². The van der Waals surface area contributed by atoms with Crippen LogP contribution < -0.4 is 0 Å². The van der Waals surface area contributed by atoms with Gasteiger partial charge in [-0.3, -0.25) is 9.48 Å². The van der Waals surface area contributed by atoms with Gasteiger partial charge in [0.25, 0.3) is 5.91 Å². The van der Waals surface area contributed by atoms with Gasteiger partial charge in [0.05, 0.1) is 16.9 Å². The van der Waals surface area contributed by atoms with Crippen LogP contribution in [-0.2, 0) is 11.8 Å². The average Bonchev–Trinajstić information content (AvgIpc) is 3.16. The number of allylic oxidation sites excluding steroid dienone is 6. The number of aromatic nitrogens is 2. The zero-order valence-corrected chi connectivity index (χ0v) is 18.0. The van der Waals surface area contributed by atoms with Crippen molar-refractivity contribution in [3.63, 3.8) is 0 Å². The molecule has 3 aliphatic rings. The molecule has 31 heavy (non-hydrogen) atoms. The average molecular weight is 414 g/mol. The van der Waals surface area contributed by atoms with Crippen LogP contribution in [-0.4, -0.2) is 50.9 Å². The third kappa shape index (κ3) is 3.91. The first-order valence-electron chi connectivity index (χ1n) is 11.0. The second-order valence-corrected chi connectivity index (χ2v) is 8.34. The molecule has 5 rings (SSSR count). The van der Waals surface area contributed by atoms with Crippen molar-refractivity contribution < 1.29 is 4.79 Å². The Morgan fingerprint density at radius 1 is 1.13 bits per heavy atom. The number of piperidine rings is 1. The molecule has 1 fully saturated rings. The van der Waals surface area contributed by atoms with Gasteiger partial charge >= 0.3 is 0 Å². The molecular weight excluding hydrogens is 386 g/mol. The Labute approximate surface area is 182 Å². The predicted molar refractivity (Wildman–Crippen MR) is 124 cm³/mol. The van der Waals surface area contributed by atoms with Crippen LogP contribution in [0.2, 0.25) is 0 Å². The number of nitrogens with zero attached hydrogens (tertiary/aromatic N) is 5. The summed E-state index contributed by atoms with van der Waals surface area (Å²) in [6, 6.07) is 6.08. The number of fused-ring (bicyclic) bond motifs is 2. The van der Waals surface area contributed by atoms with Gasteiger partial charge in [-0.05, 0) is 74.0 Å². The Morgan fingerprint density at radius 3 is 2.77 bits per heavy atom. The third-order valence-electron chi connectivity index (χ3n) is 6.32. The highest BCUT2D eigenvalue weighted by atomic mass is 16.2. The fraction of sp³-hybridized carbons (Fsp3) is 0.320. The Hall–Kier alpha value is -3.25. The van der Waals surface area contributed by atoms with Crippen molar-refractivity contribution in [3.05, 3.63) is 72.1 Å². The maximum Gasteiger partial charge on any atom is 0.272 e. The molecule has 158 valence electrons. The lowest BCUT2D eigenvalue weighted by atomic mass is 9.91. The molecule has 0 unspecified atom stereocenters. The maximum absolute atomic E-state index is 13.2. The van der Waals surface area contributed by atoms with Gasteiger partial charge in [-0.15, -0.1) is 0 Å². The number of amides is 1. The number of hydrogen-bond donors (Lipinski definition) is 0. The van der Waals surface area contributed by atoms with Crippen molar-refractivity contribution in [2.45, 2.75) is 19.8 Å². The maximum atomic E-state index is 13.2. The molecule has 6 nitrogen and oxygen atoms in total. The van der Waals surface area contributed by atoms with Crippen molar-refractivity contribution in [1.82, 2.24) is 19.7 Å². The molecule has 1 saturated heterocycles. The van der Waals surface area contributed by atoms with Gasteiger partial charge in [-0.25, -0.2) is 0 Å². The van der Waals surface area contributed by atoms with Crippen molar-refractivity contribution >= 4 is 28.1 Å². The van der Waals surface area contributed by atoms with Crippen molar-refractivity contribution in [2.24, 2.45) is 18.1 Å². The zero-order chi connectivity index (χ0) is 21.4. The molecule has 3 aliphatic heterocycles. The highest BCUT2D eigenvalue weighted by Crippen LogP contribution is 2.27. The summed E-state index contributed by atoms with van der Waals surface area (Å²) in [6.07, 6.45) is 15.8. The minimum atomic E-state index is -0.121. The first-order chi connectivity index (χ1) is 15.1. The van der Waals surface area contributed by atoms with Gasteiger partial charge in [0.1, 0.15) is 0 Å². The minimum absolute atomic E-state index is 0.121. The zero-order valence-electron chi connectivity index (χ0n) is 18.0. The highest BCUT2D eigenvalue weighted by Gasteiger charge is 2.26. The molecule has 0 aliphatic carbocycles. The summed E-state index contributed by atoms with van der Waals surface area (Å²) < 4.78 is 1.80. The number of likely N-dealkylation sites (tertiary alicyclic amines) is 1. The number of carbonyl (C=O) groups excluding carboxylic acids is 1. The molecule has 1 aromatic heterocycles. The fourth-order valence-electron chi connectivity index (χ4n) is 4.51. The molecule has 0 N–H and O–H groups in total. The second-order valence-electron chi connectivity index (χ2n) is 8.34. The standard InChI is InChI=1S/C25H27N5O/c1-3-29-13-11-18(12-14-29)23-10-8-22-6-4-5-19(16-25(31)30(22)27-23)20-7-9-24-21(15-20)17-28(2)26-24/h4-10,15-18H,3,11-14H2,1-2H3/b5-4+,19-16+,22-6+. The number of carbonyl (C=O) groups is 1. The summed E-state index contributed by atoms with van der Waals surface area (Å²) in [5.41, 5.74) is 4.62. The molecule has 4 heterocycles. The van der Waals surface area contributed by atoms with Gasteiger partial charge < -0.3 is 4.90 Å². The summed E-state index contributed by atoms with van der Waals surface area (Å²) in [5.74, 6) is 0.288. The number of rotatable bonds is 3. The van der Waals surface area contributed by atoms with Gasteiger partial charge in [-0.1, -0.05) is 25.1 Å². The van der Waals surface area contributed by atoms with E-state index >= 15 is 0 Å². The van der Waals surface area contributed by atoms with Crippen LogP contribution in [0.1, 0.15) is 25.3 Å². The number of hydrazone groups is 1. The van der Waals surface area contributed by atoms with E-state index in [9.17, 15) is 4.79 Å². The first-order valence-corrected chi connectivity index (χ1v) is 11.0. The van der Waals surface area contributed by atoms with Gasteiger partial charge in [-0.2, -0.15) is 15.2 Å². The summed E-state index contributed by atoms with van der Waals surface area (Å²) in [6.45, 7) is 5.48. The van der Waals surface area contributed by atoms with Gasteiger partial charge in [0.15, 0.2) is 0 Å². The first kappa shape index (κ1) is 19.7. The molecular formula is C25H27N5O. The highest BCUT2D eigenvalue weighted by molar-refractivity contribution is 6.04. The molecule has 2 aromatic rings. The topological polar surface area (TPSA) is 53.7 Å². The molecule has 6 heteroatoms. The lowest BCUT2D eigenvalue weighted by Gasteiger charge is -2.32. The normalized spacial score (nSPS) is 24.6. The number of hydrogen-bond acceptors (Lipinski definition) is 4. The molecule has 1 amide bonds. The van der Waals surface area contributed by atoms with Crippen molar-refractivity contribution in [3.8, 4) is 0 Å². The lowest BCUT2D eigenvalue weighted by Crippen LogP contribution is -2.37. The van der Waals surface area contributed by atoms with E-state index in [1.54, 1.807) is 15.8 Å². The quantitative estimate of drug-likeness (QED) is 0.767. The van der Waals surface area contributed by atoms with E-state index in [1.807, 2.05) is 49.7 Å². The molecule has 0 saturated carbocycles. The van der Waals surface area contributed by atoms with Crippen LogP contribution in [0.3, 0.4) is 0 Å². The van der Waals surface area contributed by atoms with Crippen LogP contribution in [0.15, 0.2) is 71.7 Å². The van der Waals surface area contributed by atoms with Crippen LogP contribution >= 0.6 is 0 Å². The van der Waals surface area contributed by atoms with E-state index in [0.29, 0.717) is 5.92 Å². The van der Waals surface area contributed by atoms with E-state index in [-0.39, 0.29) is 5.91 Å². The summed E-state index contributed by atoms with van der Waals surface area (Å²) in [7, 11) is 1.91. The van der Waals surface area contributed by atoms with Crippen LogP contribution in [0.25, 0.3) is 16.5 Å². The SMILES string of the molecule is CCN1CCC(C2=NN3C(=O)\C=C(c4ccc5nn(C)cc5c4)/C=C/C=C/3C=C2)CC1. The van der Waals surface area contributed by atoms with E-state index in [1.165, 1.54) is 0 Å². The molecule has 0 spiro atoms. The number of aryl methyl sites for hydroxylation is 1. The Bertz CT molecular complexity index is 1170. The monoisotopic (exact) mass is 413 g/mol. The largest absolute Gasteiger partial charge is 0.304 e. The molecule has 0 bridgehead atoms. The molecule has 1 aromatic carbocycles. The summed E-state index contributed by atoms with van der Waals surface area (Å²) in [4.78, 5) is 15.7. The number of benzene rings is 1. The van der Waals surface area contributed by atoms with Crippen LogP contribution in [0.5, 0.6) is 0 Å². The summed E-state index contributed by atoms with van der Waals surface area (Å²) in [5, 5.41) is 11.8. The Balaban J connectivity index is 1.43. The van der Waals surface area contributed by atoms with E-state index in [2.05, 4.69) is 29.1 Å². The molecule has 0 atom stereocenters. The fourth-order valence-corrected chi connectivity index (χ4v) is 4.51. The molecule has 0 radical (unpaired) electrons. The minimum Gasteiger partial charge on any atom is -0.304 e.